The molecule has 0 radical (unpaired) electrons. The van der Waals surface area contributed by atoms with E-state index in [4.69, 9.17) is 15.2 Å². The van der Waals surface area contributed by atoms with Crippen LogP contribution in [0.5, 0.6) is 11.5 Å². The second kappa shape index (κ2) is 4.52. The summed E-state index contributed by atoms with van der Waals surface area (Å²) < 4.78 is 10.7. The lowest BCUT2D eigenvalue weighted by Gasteiger charge is -2.08. The van der Waals surface area contributed by atoms with Gasteiger partial charge < -0.3 is 15.2 Å². The van der Waals surface area contributed by atoms with Gasteiger partial charge in [-0.15, -0.1) is 5.10 Å². The number of nitrogens with one attached hydrogen (secondary N) is 1. The number of hydrogen-bond donors (Lipinski definition) is 2. The molecule has 3 N–H and O–H groups in total. The first-order valence-corrected chi connectivity index (χ1v) is 4.72. The molecule has 0 fully saturated rings. The number of rotatable bonds is 4. The summed E-state index contributed by atoms with van der Waals surface area (Å²) in [4.78, 5) is 3.93. The molecule has 84 valence electrons. The standard InChI is InChI=1S/C10H12N4O2/c1-15-7-4-2-3-5-8(7)16-6-9-12-10(11)14-13-9/h2-5H,6H2,1H3,(H3,11,12,13,14). The average Bonchev–Trinajstić information content (AvgIpc) is 2.73. The molecule has 0 unspecified atom stereocenters. The van der Waals surface area contributed by atoms with E-state index in [0.29, 0.717) is 17.3 Å². The second-order valence-corrected chi connectivity index (χ2v) is 3.08. The number of nitrogens with zero attached hydrogens (tertiary/aromatic N) is 2. The van der Waals surface area contributed by atoms with Gasteiger partial charge in [0.15, 0.2) is 17.3 Å². The highest BCUT2D eigenvalue weighted by Gasteiger charge is 2.04. The van der Waals surface area contributed by atoms with Gasteiger partial charge >= 0.3 is 0 Å². The van der Waals surface area contributed by atoms with Gasteiger partial charge in [0.25, 0.3) is 0 Å². The lowest BCUT2D eigenvalue weighted by molar-refractivity contribution is 0.277. The minimum Gasteiger partial charge on any atom is -0.493 e. The molecule has 0 aliphatic carbocycles. The number of hydrogen-bond acceptors (Lipinski definition) is 5. The lowest BCUT2D eigenvalue weighted by atomic mass is 10.3. The Bertz CT molecular complexity index is 469. The molecule has 0 amide bonds. The summed E-state index contributed by atoms with van der Waals surface area (Å²) >= 11 is 0. The zero-order valence-corrected chi connectivity index (χ0v) is 8.80. The number of nitrogen functional groups attached to an aromatic ring is 1. The molecule has 16 heavy (non-hydrogen) atoms. The zero-order valence-electron chi connectivity index (χ0n) is 8.80. The van der Waals surface area contributed by atoms with Crippen LogP contribution in [-0.2, 0) is 6.61 Å². The van der Waals surface area contributed by atoms with Crippen LogP contribution in [0.15, 0.2) is 24.3 Å². The van der Waals surface area contributed by atoms with E-state index in [1.807, 2.05) is 24.3 Å². The normalized spacial score (nSPS) is 10.1. The minimum atomic E-state index is 0.207. The Labute approximate surface area is 92.4 Å². The van der Waals surface area contributed by atoms with Crippen LogP contribution in [0.25, 0.3) is 0 Å². The van der Waals surface area contributed by atoms with Crippen LogP contribution in [0.2, 0.25) is 0 Å². The van der Waals surface area contributed by atoms with Crippen LogP contribution >= 0.6 is 0 Å². The molecular weight excluding hydrogens is 208 g/mol. The topological polar surface area (TPSA) is 86.1 Å². The Hall–Kier alpha value is -2.24. The van der Waals surface area contributed by atoms with Gasteiger partial charge in [-0.3, -0.25) is 5.10 Å². The summed E-state index contributed by atoms with van der Waals surface area (Å²) in [6, 6.07) is 7.38. The largest absolute Gasteiger partial charge is 0.493 e. The summed E-state index contributed by atoms with van der Waals surface area (Å²) in [6.07, 6.45) is 0. The van der Waals surface area contributed by atoms with Crippen LogP contribution in [0, 0.1) is 0 Å². The molecule has 6 heteroatoms. The average molecular weight is 220 g/mol. The highest BCUT2D eigenvalue weighted by atomic mass is 16.5. The second-order valence-electron chi connectivity index (χ2n) is 3.08. The van der Waals surface area contributed by atoms with E-state index < -0.39 is 0 Å². The maximum absolute atomic E-state index is 5.51. The highest BCUT2D eigenvalue weighted by Crippen LogP contribution is 2.26. The maximum atomic E-state index is 5.51. The quantitative estimate of drug-likeness (QED) is 0.801. The number of nitrogens with two attached hydrogens (primary N) is 1. The number of para-hydroxylation sites is 2. The first-order valence-electron chi connectivity index (χ1n) is 4.72. The van der Waals surface area contributed by atoms with E-state index >= 15 is 0 Å². The third-order valence-electron chi connectivity index (χ3n) is 1.98. The van der Waals surface area contributed by atoms with Crippen LogP contribution < -0.4 is 15.2 Å². The van der Waals surface area contributed by atoms with Crippen molar-refractivity contribution in [3.63, 3.8) is 0 Å². The van der Waals surface area contributed by atoms with Crippen molar-refractivity contribution in [3.05, 3.63) is 30.1 Å². The van der Waals surface area contributed by atoms with E-state index in [9.17, 15) is 0 Å². The predicted molar refractivity (Wildman–Crippen MR) is 58.1 cm³/mol. The predicted octanol–water partition coefficient (Wildman–Crippen LogP) is 0.974. The molecule has 0 aliphatic heterocycles. The number of aromatic amines is 1. The number of methoxy groups -OCH3 is 1. The molecule has 1 heterocycles. The Kier molecular flexibility index (Phi) is 2.90. The molecule has 0 saturated heterocycles. The van der Waals surface area contributed by atoms with E-state index in [0.717, 1.165) is 0 Å². The molecule has 0 aliphatic rings. The van der Waals surface area contributed by atoms with Crippen molar-refractivity contribution in [3.8, 4) is 11.5 Å². The van der Waals surface area contributed by atoms with Gasteiger partial charge in [0, 0.05) is 0 Å². The molecule has 1 aromatic carbocycles. The maximum Gasteiger partial charge on any atom is 0.239 e. The fourth-order valence-electron chi connectivity index (χ4n) is 1.26. The third-order valence-corrected chi connectivity index (χ3v) is 1.98. The van der Waals surface area contributed by atoms with Crippen LogP contribution in [0.4, 0.5) is 5.95 Å². The van der Waals surface area contributed by atoms with Crippen molar-refractivity contribution in [1.82, 2.24) is 15.2 Å². The first kappa shape index (κ1) is 10.3. The van der Waals surface area contributed by atoms with Gasteiger partial charge in [0.1, 0.15) is 6.61 Å². The van der Waals surface area contributed by atoms with E-state index in [1.165, 1.54) is 0 Å². The third kappa shape index (κ3) is 2.22. The highest BCUT2D eigenvalue weighted by molar-refractivity contribution is 5.39. The van der Waals surface area contributed by atoms with Crippen LogP contribution in [0.1, 0.15) is 5.82 Å². The van der Waals surface area contributed by atoms with Crippen molar-refractivity contribution in [2.45, 2.75) is 6.61 Å². The van der Waals surface area contributed by atoms with Crippen LogP contribution in [0.3, 0.4) is 0 Å². The molecule has 0 saturated carbocycles. The van der Waals surface area contributed by atoms with Gasteiger partial charge in [0.2, 0.25) is 5.95 Å². The van der Waals surface area contributed by atoms with Crippen molar-refractivity contribution in [2.75, 3.05) is 12.8 Å². The van der Waals surface area contributed by atoms with Gasteiger partial charge in [-0.2, -0.15) is 4.98 Å². The van der Waals surface area contributed by atoms with Gasteiger partial charge in [-0.25, -0.2) is 0 Å². The zero-order chi connectivity index (χ0) is 11.4. The van der Waals surface area contributed by atoms with E-state index in [1.54, 1.807) is 7.11 Å². The summed E-state index contributed by atoms with van der Waals surface area (Å²) in [6.45, 7) is 0.268. The minimum absolute atomic E-state index is 0.207. The van der Waals surface area contributed by atoms with Crippen molar-refractivity contribution in [2.24, 2.45) is 0 Å². The van der Waals surface area contributed by atoms with Gasteiger partial charge in [0.05, 0.1) is 7.11 Å². The number of anilines is 1. The Balaban J connectivity index is 2.04. The summed E-state index contributed by atoms with van der Waals surface area (Å²) in [7, 11) is 1.59. The number of aromatic nitrogens is 3. The fraction of sp³-hybridized carbons (Fsp3) is 0.200. The molecule has 0 atom stereocenters. The smallest absolute Gasteiger partial charge is 0.239 e. The molecular formula is C10H12N4O2. The summed E-state index contributed by atoms with van der Waals surface area (Å²) in [5.74, 6) is 2.11. The van der Waals surface area contributed by atoms with E-state index in [-0.39, 0.29) is 12.6 Å². The lowest BCUT2D eigenvalue weighted by Crippen LogP contribution is -1.99. The van der Waals surface area contributed by atoms with Gasteiger partial charge in [-0.1, -0.05) is 12.1 Å². The van der Waals surface area contributed by atoms with Crippen molar-refractivity contribution in [1.29, 1.82) is 0 Å². The summed E-state index contributed by atoms with van der Waals surface area (Å²) in [5.41, 5.74) is 5.37. The van der Waals surface area contributed by atoms with Gasteiger partial charge in [-0.05, 0) is 12.1 Å². The number of ether oxygens (including phenoxy) is 2. The fourth-order valence-corrected chi connectivity index (χ4v) is 1.26. The monoisotopic (exact) mass is 220 g/mol. The molecule has 2 rings (SSSR count). The molecule has 0 spiro atoms. The first-order chi connectivity index (χ1) is 7.79. The number of benzene rings is 1. The molecule has 1 aromatic heterocycles. The Morgan fingerprint density at radius 1 is 1.31 bits per heavy atom. The van der Waals surface area contributed by atoms with Crippen LogP contribution in [-0.4, -0.2) is 22.3 Å². The molecule has 2 aromatic rings. The van der Waals surface area contributed by atoms with Crippen molar-refractivity contribution >= 4 is 5.95 Å². The summed E-state index contributed by atoms with van der Waals surface area (Å²) in [5, 5.41) is 6.36. The van der Waals surface area contributed by atoms with Crippen molar-refractivity contribution < 1.29 is 9.47 Å². The SMILES string of the molecule is COc1ccccc1OCc1nc(N)n[nH]1. The van der Waals surface area contributed by atoms with E-state index in [2.05, 4.69) is 15.2 Å². The Morgan fingerprint density at radius 3 is 2.69 bits per heavy atom. The Morgan fingerprint density at radius 2 is 2.06 bits per heavy atom. The number of H-pyrrole nitrogens is 1. The molecule has 6 nitrogen and oxygen atoms in total. The molecule has 0 bridgehead atoms.